The van der Waals surface area contributed by atoms with E-state index >= 15 is 0 Å². The summed E-state index contributed by atoms with van der Waals surface area (Å²) < 4.78 is 5.62. The summed E-state index contributed by atoms with van der Waals surface area (Å²) in [5.41, 5.74) is 2.04. The molecule has 0 radical (unpaired) electrons. The molecule has 0 saturated carbocycles. The van der Waals surface area contributed by atoms with Crippen molar-refractivity contribution >= 4 is 11.9 Å². The standard InChI is InChI=1S/C26H37N3O2/c1-5-6-18-29(25(30)31-26(2,3)4)24-16-15-22(19-27-24)23-14-10-11-17-28(23)20-21-12-8-7-9-13-21/h7-9,12-13,15-16,19,23H,5-6,10-11,14,17-18,20H2,1-4H3/t23-/m1/s1. The number of amides is 1. The normalized spacial score (nSPS) is 17.4. The highest BCUT2D eigenvalue weighted by Gasteiger charge is 2.26. The van der Waals surface area contributed by atoms with Gasteiger partial charge in [-0.3, -0.25) is 9.80 Å². The molecule has 0 aliphatic carbocycles. The third-order valence-electron chi connectivity index (χ3n) is 5.62. The van der Waals surface area contributed by atoms with Crippen LogP contribution in [-0.2, 0) is 11.3 Å². The number of piperidine rings is 1. The molecule has 2 aromatic rings. The van der Waals surface area contributed by atoms with Crippen molar-refractivity contribution in [3.05, 3.63) is 59.8 Å². The minimum atomic E-state index is -0.526. The number of nitrogens with zero attached hydrogens (tertiary/aromatic N) is 3. The van der Waals surface area contributed by atoms with Gasteiger partial charge in [0.25, 0.3) is 0 Å². The quantitative estimate of drug-likeness (QED) is 0.520. The lowest BCUT2D eigenvalue weighted by Crippen LogP contribution is -2.38. The molecule has 5 heteroatoms. The lowest BCUT2D eigenvalue weighted by molar-refractivity contribution is 0.0578. The smallest absolute Gasteiger partial charge is 0.416 e. The molecule has 1 aliphatic rings. The number of aromatic nitrogens is 1. The van der Waals surface area contributed by atoms with Crippen molar-refractivity contribution in [1.82, 2.24) is 9.88 Å². The number of hydrogen-bond donors (Lipinski definition) is 0. The Bertz CT molecular complexity index is 815. The second-order valence-electron chi connectivity index (χ2n) is 9.40. The number of rotatable bonds is 7. The Morgan fingerprint density at radius 2 is 1.94 bits per heavy atom. The fourth-order valence-electron chi connectivity index (χ4n) is 4.06. The molecule has 3 rings (SSSR count). The van der Waals surface area contributed by atoms with Crippen molar-refractivity contribution in [1.29, 1.82) is 0 Å². The fraction of sp³-hybridized carbons (Fsp3) is 0.538. The van der Waals surface area contributed by atoms with Crippen LogP contribution in [0.4, 0.5) is 10.6 Å². The molecule has 5 nitrogen and oxygen atoms in total. The monoisotopic (exact) mass is 423 g/mol. The van der Waals surface area contributed by atoms with Gasteiger partial charge in [-0.2, -0.15) is 0 Å². The first kappa shape index (κ1) is 23.3. The Kier molecular flexibility index (Phi) is 8.08. The fourth-order valence-corrected chi connectivity index (χ4v) is 4.06. The number of benzene rings is 1. The number of hydrogen-bond acceptors (Lipinski definition) is 4. The SMILES string of the molecule is CCCCN(C(=O)OC(C)(C)C)c1ccc([C@H]2CCCCN2Cc2ccccc2)cn1. The van der Waals surface area contributed by atoms with Gasteiger partial charge in [-0.05, 0) is 63.8 Å². The van der Waals surface area contributed by atoms with Crippen LogP contribution in [0, 0.1) is 0 Å². The van der Waals surface area contributed by atoms with Gasteiger partial charge < -0.3 is 4.74 Å². The molecule has 1 saturated heterocycles. The molecule has 0 N–H and O–H groups in total. The number of likely N-dealkylation sites (tertiary alicyclic amines) is 1. The highest BCUT2D eigenvalue weighted by atomic mass is 16.6. The van der Waals surface area contributed by atoms with E-state index in [4.69, 9.17) is 9.72 Å². The van der Waals surface area contributed by atoms with Gasteiger partial charge >= 0.3 is 6.09 Å². The lowest BCUT2D eigenvalue weighted by Gasteiger charge is -2.36. The zero-order valence-corrected chi connectivity index (χ0v) is 19.5. The topological polar surface area (TPSA) is 45.7 Å². The maximum absolute atomic E-state index is 12.8. The molecule has 168 valence electrons. The van der Waals surface area contributed by atoms with Crippen molar-refractivity contribution < 1.29 is 9.53 Å². The minimum Gasteiger partial charge on any atom is -0.443 e. The summed E-state index contributed by atoms with van der Waals surface area (Å²) in [6.07, 6.45) is 7.15. The predicted molar refractivity (Wildman–Crippen MR) is 126 cm³/mol. The lowest BCUT2D eigenvalue weighted by atomic mass is 9.95. The zero-order valence-electron chi connectivity index (χ0n) is 19.5. The van der Waals surface area contributed by atoms with Crippen LogP contribution in [0.5, 0.6) is 0 Å². The van der Waals surface area contributed by atoms with E-state index in [1.165, 1.54) is 24.0 Å². The van der Waals surface area contributed by atoms with Crippen molar-refractivity contribution in [2.75, 3.05) is 18.0 Å². The van der Waals surface area contributed by atoms with E-state index in [1.807, 2.05) is 33.0 Å². The Balaban J connectivity index is 1.76. The summed E-state index contributed by atoms with van der Waals surface area (Å²) in [5, 5.41) is 0. The van der Waals surface area contributed by atoms with Crippen LogP contribution >= 0.6 is 0 Å². The van der Waals surface area contributed by atoms with Gasteiger partial charge in [-0.15, -0.1) is 0 Å². The minimum absolute atomic E-state index is 0.329. The Morgan fingerprint density at radius 3 is 2.58 bits per heavy atom. The second-order valence-corrected chi connectivity index (χ2v) is 9.40. The summed E-state index contributed by atoms with van der Waals surface area (Å²) in [7, 11) is 0. The largest absolute Gasteiger partial charge is 0.443 e. The van der Waals surface area contributed by atoms with Crippen LogP contribution in [-0.4, -0.2) is 34.7 Å². The van der Waals surface area contributed by atoms with E-state index in [-0.39, 0.29) is 6.09 Å². The Morgan fingerprint density at radius 1 is 1.16 bits per heavy atom. The van der Waals surface area contributed by atoms with Crippen molar-refractivity contribution in [3.63, 3.8) is 0 Å². The molecule has 2 heterocycles. The van der Waals surface area contributed by atoms with Gasteiger partial charge in [-0.25, -0.2) is 9.78 Å². The van der Waals surface area contributed by atoms with Crippen LogP contribution in [0.15, 0.2) is 48.7 Å². The average molecular weight is 424 g/mol. The molecule has 1 aliphatic heterocycles. The van der Waals surface area contributed by atoms with Crippen LogP contribution in [0.1, 0.15) is 77.0 Å². The maximum atomic E-state index is 12.8. The molecule has 1 aromatic heterocycles. The molecule has 1 aromatic carbocycles. The number of pyridine rings is 1. The number of carbonyl (C=O) groups is 1. The van der Waals surface area contributed by atoms with Crippen molar-refractivity contribution in [3.8, 4) is 0 Å². The number of carbonyl (C=O) groups excluding carboxylic acids is 1. The first-order valence-electron chi connectivity index (χ1n) is 11.6. The van der Waals surface area contributed by atoms with Gasteiger partial charge in [0.2, 0.25) is 0 Å². The molecule has 1 atom stereocenters. The highest BCUT2D eigenvalue weighted by Crippen LogP contribution is 2.32. The molecule has 0 unspecified atom stereocenters. The Labute approximate surface area is 187 Å². The van der Waals surface area contributed by atoms with Gasteiger partial charge in [0, 0.05) is 25.3 Å². The van der Waals surface area contributed by atoms with Crippen LogP contribution < -0.4 is 4.90 Å². The summed E-state index contributed by atoms with van der Waals surface area (Å²) >= 11 is 0. The number of ether oxygens (including phenoxy) is 1. The first-order chi connectivity index (χ1) is 14.9. The van der Waals surface area contributed by atoms with Gasteiger partial charge in [0.05, 0.1) is 0 Å². The molecular weight excluding hydrogens is 386 g/mol. The first-order valence-corrected chi connectivity index (χ1v) is 11.6. The summed E-state index contributed by atoms with van der Waals surface area (Å²) in [5.74, 6) is 0.664. The number of unbranched alkanes of at least 4 members (excludes halogenated alkanes) is 1. The van der Waals surface area contributed by atoms with Crippen molar-refractivity contribution in [2.24, 2.45) is 0 Å². The summed E-state index contributed by atoms with van der Waals surface area (Å²) in [6, 6.07) is 15.1. The summed E-state index contributed by atoms with van der Waals surface area (Å²) in [6.45, 7) is 10.5. The van der Waals surface area contributed by atoms with Gasteiger partial charge in [-0.1, -0.05) is 56.2 Å². The second kappa shape index (κ2) is 10.8. The highest BCUT2D eigenvalue weighted by molar-refractivity contribution is 5.86. The summed E-state index contributed by atoms with van der Waals surface area (Å²) in [4.78, 5) is 21.7. The van der Waals surface area contributed by atoms with Crippen LogP contribution in [0.2, 0.25) is 0 Å². The molecule has 31 heavy (non-hydrogen) atoms. The molecule has 1 fully saturated rings. The van der Waals surface area contributed by atoms with E-state index in [9.17, 15) is 4.79 Å². The zero-order chi connectivity index (χ0) is 22.3. The van der Waals surface area contributed by atoms with E-state index < -0.39 is 5.60 Å². The molecule has 0 spiro atoms. The predicted octanol–water partition coefficient (Wildman–Crippen LogP) is 6.35. The molecule has 1 amide bonds. The van der Waals surface area contributed by atoms with E-state index in [2.05, 4.69) is 48.2 Å². The van der Waals surface area contributed by atoms with Crippen LogP contribution in [0.25, 0.3) is 0 Å². The van der Waals surface area contributed by atoms with E-state index in [1.54, 1.807) is 4.90 Å². The van der Waals surface area contributed by atoms with E-state index in [0.29, 0.717) is 18.4 Å². The van der Waals surface area contributed by atoms with E-state index in [0.717, 1.165) is 32.4 Å². The van der Waals surface area contributed by atoms with Gasteiger partial charge in [0.15, 0.2) is 0 Å². The average Bonchev–Trinajstić information content (AvgIpc) is 2.74. The molecule has 0 bridgehead atoms. The molecular formula is C26H37N3O2. The van der Waals surface area contributed by atoms with Crippen LogP contribution in [0.3, 0.4) is 0 Å². The van der Waals surface area contributed by atoms with Gasteiger partial charge in [0.1, 0.15) is 11.4 Å². The van der Waals surface area contributed by atoms with Crippen molar-refractivity contribution in [2.45, 2.75) is 78.0 Å². The maximum Gasteiger partial charge on any atom is 0.416 e. The third kappa shape index (κ3) is 6.79. The Hall–Kier alpha value is -2.40. The third-order valence-corrected chi connectivity index (χ3v) is 5.62. The number of anilines is 1.